The average molecular weight is 265 g/mol. The molecule has 3 N–H and O–H groups in total. The summed E-state index contributed by atoms with van der Waals surface area (Å²) in [7, 11) is 3.50. The summed E-state index contributed by atoms with van der Waals surface area (Å²) >= 11 is 0. The van der Waals surface area contributed by atoms with E-state index in [0.29, 0.717) is 26.2 Å². The molecule has 1 unspecified atom stereocenters. The van der Waals surface area contributed by atoms with E-state index in [4.69, 9.17) is 10.5 Å². The standard InChI is InChI=1S/C14H23N3O2/c1-17(11-14(18)16-8-9-19-2)10-13(15)12-6-4-3-5-7-12/h3-7,13H,8-11,15H2,1-2H3,(H,16,18). The van der Waals surface area contributed by atoms with Crippen LogP contribution in [-0.2, 0) is 9.53 Å². The Bertz CT molecular complexity index is 370. The average Bonchev–Trinajstić information content (AvgIpc) is 2.39. The quantitative estimate of drug-likeness (QED) is 0.667. The van der Waals surface area contributed by atoms with E-state index in [1.807, 2.05) is 42.3 Å². The number of nitrogens with one attached hydrogen (secondary N) is 1. The molecule has 1 rings (SSSR count). The molecule has 0 spiro atoms. The summed E-state index contributed by atoms with van der Waals surface area (Å²) in [6.07, 6.45) is 0. The van der Waals surface area contributed by atoms with Crippen molar-refractivity contribution in [2.75, 3.05) is 40.4 Å². The van der Waals surface area contributed by atoms with Gasteiger partial charge < -0.3 is 15.8 Å². The summed E-state index contributed by atoms with van der Waals surface area (Å²) in [5.41, 5.74) is 7.18. The van der Waals surface area contributed by atoms with Crippen LogP contribution in [0.15, 0.2) is 30.3 Å². The van der Waals surface area contributed by atoms with Crippen LogP contribution in [0.2, 0.25) is 0 Å². The molecule has 0 saturated heterocycles. The lowest BCUT2D eigenvalue weighted by Gasteiger charge is -2.21. The molecule has 0 saturated carbocycles. The Hall–Kier alpha value is -1.43. The maximum absolute atomic E-state index is 11.6. The lowest BCUT2D eigenvalue weighted by molar-refractivity contribution is -0.122. The predicted molar refractivity (Wildman–Crippen MR) is 75.8 cm³/mol. The third-order valence-corrected chi connectivity index (χ3v) is 2.78. The van der Waals surface area contributed by atoms with Crippen molar-refractivity contribution in [3.8, 4) is 0 Å². The van der Waals surface area contributed by atoms with E-state index >= 15 is 0 Å². The van der Waals surface area contributed by atoms with Gasteiger partial charge in [0.25, 0.3) is 0 Å². The largest absolute Gasteiger partial charge is 0.383 e. The zero-order valence-electron chi connectivity index (χ0n) is 11.6. The Balaban J connectivity index is 2.30. The van der Waals surface area contributed by atoms with Crippen molar-refractivity contribution in [3.05, 3.63) is 35.9 Å². The molecular weight excluding hydrogens is 242 g/mol. The van der Waals surface area contributed by atoms with Gasteiger partial charge in [-0.2, -0.15) is 0 Å². The Kier molecular flexibility index (Phi) is 7.10. The van der Waals surface area contributed by atoms with Gasteiger partial charge in [0, 0.05) is 26.2 Å². The van der Waals surface area contributed by atoms with Crippen LogP contribution in [0.25, 0.3) is 0 Å². The maximum Gasteiger partial charge on any atom is 0.234 e. The van der Waals surface area contributed by atoms with E-state index in [0.717, 1.165) is 5.56 Å². The smallest absolute Gasteiger partial charge is 0.234 e. The van der Waals surface area contributed by atoms with Crippen molar-refractivity contribution >= 4 is 5.91 Å². The van der Waals surface area contributed by atoms with Gasteiger partial charge in [-0.05, 0) is 12.6 Å². The Morgan fingerprint density at radius 1 is 1.42 bits per heavy atom. The van der Waals surface area contributed by atoms with E-state index in [1.165, 1.54) is 0 Å². The number of rotatable bonds is 8. The summed E-state index contributed by atoms with van der Waals surface area (Å²) in [5, 5.41) is 2.78. The van der Waals surface area contributed by atoms with Crippen molar-refractivity contribution in [1.82, 2.24) is 10.2 Å². The van der Waals surface area contributed by atoms with Gasteiger partial charge in [-0.15, -0.1) is 0 Å². The molecule has 5 nitrogen and oxygen atoms in total. The second-order valence-electron chi connectivity index (χ2n) is 4.56. The lowest BCUT2D eigenvalue weighted by atomic mass is 10.1. The van der Waals surface area contributed by atoms with Crippen molar-refractivity contribution in [1.29, 1.82) is 0 Å². The second-order valence-corrected chi connectivity index (χ2v) is 4.56. The molecule has 1 amide bonds. The molecule has 0 heterocycles. The van der Waals surface area contributed by atoms with Gasteiger partial charge in [0.15, 0.2) is 0 Å². The van der Waals surface area contributed by atoms with E-state index in [1.54, 1.807) is 7.11 Å². The van der Waals surface area contributed by atoms with Crippen LogP contribution in [0.3, 0.4) is 0 Å². The number of methoxy groups -OCH3 is 1. The Morgan fingerprint density at radius 3 is 2.74 bits per heavy atom. The van der Waals surface area contributed by atoms with Crippen LogP contribution in [0.5, 0.6) is 0 Å². The van der Waals surface area contributed by atoms with Crippen molar-refractivity contribution in [2.24, 2.45) is 5.73 Å². The number of hydrogen-bond acceptors (Lipinski definition) is 4. The first-order valence-corrected chi connectivity index (χ1v) is 6.38. The topological polar surface area (TPSA) is 67.6 Å². The molecule has 0 aliphatic heterocycles. The fourth-order valence-corrected chi connectivity index (χ4v) is 1.80. The monoisotopic (exact) mass is 265 g/mol. The highest BCUT2D eigenvalue weighted by molar-refractivity contribution is 5.77. The first-order valence-electron chi connectivity index (χ1n) is 6.38. The first-order chi connectivity index (χ1) is 9.13. The summed E-state index contributed by atoms with van der Waals surface area (Å²) < 4.78 is 4.87. The number of carbonyl (C=O) groups is 1. The number of carbonyl (C=O) groups excluding carboxylic acids is 1. The van der Waals surface area contributed by atoms with Crippen LogP contribution in [-0.4, -0.2) is 51.2 Å². The Morgan fingerprint density at radius 2 is 2.11 bits per heavy atom. The summed E-state index contributed by atoms with van der Waals surface area (Å²) in [4.78, 5) is 13.5. The van der Waals surface area contributed by atoms with Crippen LogP contribution >= 0.6 is 0 Å². The van der Waals surface area contributed by atoms with Crippen LogP contribution in [0.1, 0.15) is 11.6 Å². The maximum atomic E-state index is 11.6. The summed E-state index contributed by atoms with van der Waals surface area (Å²) in [6.45, 7) is 2.04. The molecule has 0 aliphatic rings. The molecule has 0 aliphatic carbocycles. The molecule has 1 atom stereocenters. The minimum Gasteiger partial charge on any atom is -0.383 e. The van der Waals surface area contributed by atoms with Gasteiger partial charge in [0.1, 0.15) is 0 Å². The molecule has 5 heteroatoms. The number of benzene rings is 1. The highest BCUT2D eigenvalue weighted by atomic mass is 16.5. The number of nitrogens with two attached hydrogens (primary N) is 1. The minimum absolute atomic E-state index is 0.0141. The van der Waals surface area contributed by atoms with Crippen molar-refractivity contribution in [2.45, 2.75) is 6.04 Å². The molecule has 1 aromatic rings. The third kappa shape index (κ3) is 6.33. The molecule has 0 aromatic heterocycles. The molecule has 0 radical (unpaired) electrons. The van der Waals surface area contributed by atoms with Crippen molar-refractivity contribution < 1.29 is 9.53 Å². The Labute approximate surface area is 114 Å². The fourth-order valence-electron chi connectivity index (χ4n) is 1.80. The van der Waals surface area contributed by atoms with Crippen LogP contribution < -0.4 is 11.1 Å². The number of likely N-dealkylation sites (N-methyl/N-ethyl adjacent to an activating group) is 1. The molecule has 0 fully saturated rings. The highest BCUT2D eigenvalue weighted by Gasteiger charge is 2.11. The molecular formula is C14H23N3O2. The first kappa shape index (κ1) is 15.6. The number of nitrogens with zero attached hydrogens (tertiary/aromatic N) is 1. The zero-order valence-corrected chi connectivity index (χ0v) is 11.6. The minimum atomic E-state index is -0.0852. The van der Waals surface area contributed by atoms with Gasteiger partial charge in [0.2, 0.25) is 5.91 Å². The summed E-state index contributed by atoms with van der Waals surface area (Å²) in [5.74, 6) is -0.0141. The second kappa shape index (κ2) is 8.63. The van der Waals surface area contributed by atoms with Crippen LogP contribution in [0, 0.1) is 0 Å². The normalized spacial score (nSPS) is 12.4. The van der Waals surface area contributed by atoms with E-state index in [9.17, 15) is 4.79 Å². The molecule has 1 aromatic carbocycles. The predicted octanol–water partition coefficient (Wildman–Crippen LogP) is 0.381. The number of ether oxygens (including phenoxy) is 1. The van der Waals surface area contributed by atoms with Gasteiger partial charge in [-0.1, -0.05) is 30.3 Å². The third-order valence-electron chi connectivity index (χ3n) is 2.78. The molecule has 0 bridgehead atoms. The lowest BCUT2D eigenvalue weighted by Crippen LogP contribution is -2.39. The van der Waals surface area contributed by atoms with Gasteiger partial charge in [0.05, 0.1) is 13.2 Å². The van der Waals surface area contributed by atoms with Gasteiger partial charge in [-0.3, -0.25) is 9.69 Å². The molecule has 19 heavy (non-hydrogen) atoms. The SMILES string of the molecule is COCCNC(=O)CN(C)CC(N)c1ccccc1. The van der Waals surface area contributed by atoms with Crippen LogP contribution in [0.4, 0.5) is 0 Å². The van der Waals surface area contributed by atoms with E-state index in [-0.39, 0.29) is 11.9 Å². The van der Waals surface area contributed by atoms with Crippen molar-refractivity contribution in [3.63, 3.8) is 0 Å². The highest BCUT2D eigenvalue weighted by Crippen LogP contribution is 2.09. The molecule has 106 valence electrons. The fraction of sp³-hybridized carbons (Fsp3) is 0.500. The summed E-state index contributed by atoms with van der Waals surface area (Å²) in [6, 6.07) is 9.80. The van der Waals surface area contributed by atoms with E-state index < -0.39 is 0 Å². The number of hydrogen-bond donors (Lipinski definition) is 2. The number of amides is 1. The zero-order chi connectivity index (χ0) is 14.1. The van der Waals surface area contributed by atoms with Gasteiger partial charge in [-0.25, -0.2) is 0 Å². The van der Waals surface area contributed by atoms with E-state index in [2.05, 4.69) is 5.32 Å². The van der Waals surface area contributed by atoms with Gasteiger partial charge >= 0.3 is 0 Å².